The van der Waals surface area contributed by atoms with Crippen molar-refractivity contribution in [3.8, 4) is 0 Å². The van der Waals surface area contributed by atoms with E-state index in [4.69, 9.17) is 0 Å². The van der Waals surface area contributed by atoms with E-state index in [9.17, 15) is 35.9 Å². The van der Waals surface area contributed by atoms with Crippen LogP contribution in [0.3, 0.4) is 0 Å². The van der Waals surface area contributed by atoms with Crippen molar-refractivity contribution in [1.82, 2.24) is 9.80 Å². The summed E-state index contributed by atoms with van der Waals surface area (Å²) in [5, 5.41) is 5.63. The van der Waals surface area contributed by atoms with Crippen LogP contribution in [0.2, 0.25) is 0 Å². The number of rotatable bonds is 7. The molecule has 212 valence electrons. The van der Waals surface area contributed by atoms with Crippen molar-refractivity contribution >= 4 is 23.2 Å². The van der Waals surface area contributed by atoms with Crippen molar-refractivity contribution in [3.63, 3.8) is 0 Å². The highest BCUT2D eigenvalue weighted by atomic mass is 19.4. The van der Waals surface area contributed by atoms with Gasteiger partial charge in [0, 0.05) is 49.7 Å². The van der Waals surface area contributed by atoms with Gasteiger partial charge in [-0.1, -0.05) is 24.3 Å². The molecule has 0 spiro atoms. The molecule has 1 aliphatic heterocycles. The summed E-state index contributed by atoms with van der Waals surface area (Å²) in [6.07, 6.45) is -9.86. The molecule has 1 fully saturated rings. The van der Waals surface area contributed by atoms with E-state index >= 15 is 0 Å². The minimum absolute atomic E-state index is 0.0816. The van der Waals surface area contributed by atoms with E-state index in [1.54, 1.807) is 35.2 Å². The van der Waals surface area contributed by atoms with E-state index in [0.717, 1.165) is 0 Å². The van der Waals surface area contributed by atoms with E-state index in [2.05, 4.69) is 10.6 Å². The number of benzene rings is 3. The molecule has 2 N–H and O–H groups in total. The van der Waals surface area contributed by atoms with Crippen LogP contribution >= 0.6 is 0 Å². The molecule has 0 saturated carbocycles. The number of carbonyl (C=O) groups excluding carboxylic acids is 2. The van der Waals surface area contributed by atoms with Gasteiger partial charge in [-0.25, -0.2) is 0 Å². The van der Waals surface area contributed by atoms with Gasteiger partial charge in [0.1, 0.15) is 0 Å². The molecule has 1 aliphatic rings. The monoisotopic (exact) mass is 564 g/mol. The average Bonchev–Trinajstić information content (AvgIpc) is 2.91. The minimum Gasteiger partial charge on any atom is -0.381 e. The molecule has 3 aromatic carbocycles. The molecule has 0 unspecified atom stereocenters. The number of hydrogen-bond acceptors (Lipinski definition) is 4. The van der Waals surface area contributed by atoms with Gasteiger partial charge in [-0.2, -0.15) is 26.3 Å². The van der Waals surface area contributed by atoms with Crippen LogP contribution in [0, 0.1) is 0 Å². The number of nitrogens with zero attached hydrogens (tertiary/aromatic N) is 2. The zero-order valence-electron chi connectivity index (χ0n) is 21.1. The van der Waals surface area contributed by atoms with Gasteiger partial charge in [-0.15, -0.1) is 0 Å². The number of para-hydroxylation sites is 1. The number of anilines is 2. The lowest BCUT2D eigenvalue weighted by Gasteiger charge is -2.34. The first-order valence-electron chi connectivity index (χ1n) is 12.4. The number of hydrogen-bond donors (Lipinski definition) is 2. The SMILES string of the molecule is O=C(CN1CCN(C(=O)c2cccc(NCc3cc(C(F)(F)F)cc(C(F)(F)F)c3)c2)CC1)Nc1ccccc1. The van der Waals surface area contributed by atoms with E-state index in [1.165, 1.54) is 6.07 Å². The van der Waals surface area contributed by atoms with Gasteiger partial charge in [0.05, 0.1) is 17.7 Å². The number of carbonyl (C=O) groups is 2. The Bertz CT molecular complexity index is 1300. The molecule has 4 rings (SSSR count). The van der Waals surface area contributed by atoms with Crippen LogP contribution in [-0.4, -0.2) is 54.3 Å². The van der Waals surface area contributed by atoms with Gasteiger partial charge >= 0.3 is 12.4 Å². The Morgan fingerprint density at radius 2 is 1.32 bits per heavy atom. The fourth-order valence-electron chi connectivity index (χ4n) is 4.30. The average molecular weight is 565 g/mol. The van der Waals surface area contributed by atoms with Crippen molar-refractivity contribution in [3.05, 3.63) is 95.1 Å². The number of nitrogens with one attached hydrogen (secondary N) is 2. The molecule has 0 bridgehead atoms. The minimum atomic E-state index is -4.93. The molecule has 0 aliphatic carbocycles. The highest BCUT2D eigenvalue weighted by Gasteiger charge is 2.36. The smallest absolute Gasteiger partial charge is 0.381 e. The zero-order valence-corrected chi connectivity index (χ0v) is 21.1. The van der Waals surface area contributed by atoms with Crippen molar-refractivity contribution in [2.45, 2.75) is 18.9 Å². The normalized spacial score (nSPS) is 14.6. The third kappa shape index (κ3) is 7.75. The summed E-state index contributed by atoms with van der Waals surface area (Å²) in [6, 6.07) is 16.7. The molecule has 0 atom stereocenters. The molecule has 2 amide bonds. The first kappa shape index (κ1) is 28.9. The van der Waals surface area contributed by atoms with E-state index < -0.39 is 23.5 Å². The van der Waals surface area contributed by atoms with Gasteiger partial charge in [0.15, 0.2) is 0 Å². The zero-order chi connectivity index (χ0) is 28.9. The van der Waals surface area contributed by atoms with Gasteiger partial charge in [-0.3, -0.25) is 14.5 Å². The first-order valence-corrected chi connectivity index (χ1v) is 12.4. The van der Waals surface area contributed by atoms with Crippen LogP contribution in [-0.2, 0) is 23.7 Å². The van der Waals surface area contributed by atoms with Crippen molar-refractivity contribution in [1.29, 1.82) is 0 Å². The Morgan fingerprint density at radius 1 is 0.725 bits per heavy atom. The lowest BCUT2D eigenvalue weighted by atomic mass is 10.0. The summed E-state index contributed by atoms with van der Waals surface area (Å²) in [6.45, 7) is 1.63. The van der Waals surface area contributed by atoms with Crippen molar-refractivity contribution in [2.75, 3.05) is 43.4 Å². The van der Waals surface area contributed by atoms with Gasteiger partial charge < -0.3 is 15.5 Å². The lowest BCUT2D eigenvalue weighted by molar-refractivity contribution is -0.143. The first-order chi connectivity index (χ1) is 18.9. The lowest BCUT2D eigenvalue weighted by Crippen LogP contribution is -2.50. The molecule has 0 radical (unpaired) electrons. The number of halogens is 6. The van der Waals surface area contributed by atoms with Gasteiger partial charge in [0.2, 0.25) is 5.91 Å². The second-order valence-corrected chi connectivity index (χ2v) is 9.33. The van der Waals surface area contributed by atoms with Crippen LogP contribution in [0.5, 0.6) is 0 Å². The quantitative estimate of drug-likeness (QED) is 0.360. The molecule has 1 saturated heterocycles. The van der Waals surface area contributed by atoms with Crippen LogP contribution in [0.4, 0.5) is 37.7 Å². The number of piperazine rings is 1. The van der Waals surface area contributed by atoms with Gasteiger partial charge in [-0.05, 0) is 54.1 Å². The number of alkyl halides is 6. The third-order valence-electron chi connectivity index (χ3n) is 6.34. The Morgan fingerprint density at radius 3 is 1.93 bits per heavy atom. The Kier molecular flexibility index (Phi) is 8.67. The molecular weight excluding hydrogens is 538 g/mol. The Balaban J connectivity index is 1.34. The van der Waals surface area contributed by atoms with E-state index in [1.807, 2.05) is 23.1 Å². The largest absolute Gasteiger partial charge is 0.416 e. The second-order valence-electron chi connectivity index (χ2n) is 9.33. The fourth-order valence-corrected chi connectivity index (χ4v) is 4.30. The maximum absolute atomic E-state index is 13.1. The van der Waals surface area contributed by atoms with Crippen LogP contribution in [0.1, 0.15) is 27.0 Å². The summed E-state index contributed by atoms with van der Waals surface area (Å²) in [5.41, 5.74) is -1.59. The van der Waals surface area contributed by atoms with Crippen LogP contribution in [0.15, 0.2) is 72.8 Å². The summed E-state index contributed by atoms with van der Waals surface area (Å²) in [5.74, 6) is -0.427. The second kappa shape index (κ2) is 12.0. The van der Waals surface area contributed by atoms with Crippen molar-refractivity contribution < 1.29 is 35.9 Å². The van der Waals surface area contributed by atoms with Crippen molar-refractivity contribution in [2.24, 2.45) is 0 Å². The predicted octanol–water partition coefficient (Wildman–Crippen LogP) is 5.73. The molecule has 0 aromatic heterocycles. The Labute approximate surface area is 226 Å². The third-order valence-corrected chi connectivity index (χ3v) is 6.34. The van der Waals surface area contributed by atoms with E-state index in [-0.39, 0.29) is 36.5 Å². The fraction of sp³-hybridized carbons (Fsp3) is 0.286. The van der Waals surface area contributed by atoms with Crippen LogP contribution < -0.4 is 10.6 Å². The highest BCUT2D eigenvalue weighted by Crippen LogP contribution is 2.36. The standard InChI is InChI=1S/C28H26F6N4O2/c29-27(30,31)21-13-19(14-22(16-21)28(32,33)34)17-35-24-8-4-5-20(15-24)26(40)38-11-9-37(10-12-38)18-25(39)36-23-6-2-1-3-7-23/h1-8,13-16,35H,9-12,17-18H2,(H,36,39). The topological polar surface area (TPSA) is 64.7 Å². The maximum atomic E-state index is 13.1. The number of amides is 2. The highest BCUT2D eigenvalue weighted by molar-refractivity contribution is 5.95. The van der Waals surface area contributed by atoms with E-state index in [0.29, 0.717) is 55.2 Å². The van der Waals surface area contributed by atoms with Gasteiger partial charge in [0.25, 0.3) is 5.91 Å². The molecule has 3 aromatic rings. The summed E-state index contributed by atoms with van der Waals surface area (Å²) in [7, 11) is 0. The Hall–Kier alpha value is -4.06. The summed E-state index contributed by atoms with van der Waals surface area (Å²) >= 11 is 0. The molecule has 1 heterocycles. The predicted molar refractivity (Wildman–Crippen MR) is 138 cm³/mol. The molecular formula is C28H26F6N4O2. The van der Waals surface area contributed by atoms with Crippen LogP contribution in [0.25, 0.3) is 0 Å². The summed E-state index contributed by atoms with van der Waals surface area (Å²) in [4.78, 5) is 28.9. The molecule has 12 heteroatoms. The molecule has 40 heavy (non-hydrogen) atoms. The maximum Gasteiger partial charge on any atom is 0.416 e. The summed E-state index contributed by atoms with van der Waals surface area (Å²) < 4.78 is 78.8. The molecule has 6 nitrogen and oxygen atoms in total.